The quantitative estimate of drug-likeness (QED) is 0.597. The fraction of sp³-hybridized carbons (Fsp3) is 0.273. The van der Waals surface area contributed by atoms with E-state index in [1.54, 1.807) is 6.92 Å². The minimum atomic E-state index is -0.531. The summed E-state index contributed by atoms with van der Waals surface area (Å²) in [5.41, 5.74) is 4.28. The van der Waals surface area contributed by atoms with Gasteiger partial charge in [0.2, 0.25) is 5.91 Å². The van der Waals surface area contributed by atoms with Crippen LogP contribution in [0.25, 0.3) is 0 Å². The summed E-state index contributed by atoms with van der Waals surface area (Å²) < 4.78 is 5.08. The average molecular weight is 267 g/mol. The van der Waals surface area contributed by atoms with Gasteiger partial charge < -0.3 is 4.74 Å². The van der Waals surface area contributed by atoms with Crippen LogP contribution in [0.2, 0.25) is 0 Å². The van der Waals surface area contributed by atoms with Crippen LogP contribution in [0.5, 0.6) is 5.75 Å². The molecule has 0 radical (unpaired) electrons. The number of hydrogen-bond donors (Lipinski definition) is 2. The highest BCUT2D eigenvalue weighted by Gasteiger charge is 2.06. The molecule has 2 N–H and O–H groups in total. The number of benzene rings is 1. The molecule has 102 valence electrons. The van der Waals surface area contributed by atoms with Crippen LogP contribution in [0.15, 0.2) is 24.3 Å². The van der Waals surface area contributed by atoms with Crippen LogP contribution in [-0.2, 0) is 9.59 Å². The number of hydrogen-bond acceptors (Lipinski definition) is 5. The van der Waals surface area contributed by atoms with Crippen LogP contribution in [0, 0.1) is 10.1 Å². The Hall–Kier alpha value is -2.64. The van der Waals surface area contributed by atoms with Gasteiger partial charge in [-0.25, -0.2) is 0 Å². The summed E-state index contributed by atoms with van der Waals surface area (Å²) in [4.78, 5) is 32.0. The van der Waals surface area contributed by atoms with Crippen molar-refractivity contribution in [1.29, 1.82) is 0 Å². The van der Waals surface area contributed by atoms with Crippen LogP contribution in [0.4, 0.5) is 5.69 Å². The predicted octanol–water partition coefficient (Wildman–Crippen LogP) is 0.531. The third-order valence-corrected chi connectivity index (χ3v) is 2.08. The number of rotatable bonds is 5. The number of non-ortho nitro benzene ring substituents is 1. The standard InChI is InChI=1S/C11H13N3O5/c1-2-10(15)12-13-11(16)7-19-9-5-3-8(4-6-9)14(17)18/h3-6H,2,7H2,1H3,(H,12,15)(H,13,16). The van der Waals surface area contributed by atoms with Crippen molar-refractivity contribution in [2.24, 2.45) is 0 Å². The Morgan fingerprint density at radius 2 is 1.79 bits per heavy atom. The van der Waals surface area contributed by atoms with Gasteiger partial charge in [-0.2, -0.15) is 0 Å². The molecule has 0 unspecified atom stereocenters. The molecule has 0 atom stereocenters. The number of amides is 2. The first-order valence-electron chi connectivity index (χ1n) is 5.48. The first-order valence-corrected chi connectivity index (χ1v) is 5.48. The van der Waals surface area contributed by atoms with Crippen LogP contribution in [-0.4, -0.2) is 23.3 Å². The van der Waals surface area contributed by atoms with Crippen LogP contribution in [0.3, 0.4) is 0 Å². The number of nitro groups is 1. The van der Waals surface area contributed by atoms with E-state index < -0.39 is 10.8 Å². The van der Waals surface area contributed by atoms with E-state index in [9.17, 15) is 19.7 Å². The summed E-state index contributed by atoms with van der Waals surface area (Å²) in [5.74, 6) is -0.522. The minimum Gasteiger partial charge on any atom is -0.484 e. The molecule has 1 aromatic rings. The number of nitrogens with zero attached hydrogens (tertiary/aromatic N) is 1. The summed E-state index contributed by atoms with van der Waals surface area (Å²) in [6, 6.07) is 5.31. The Morgan fingerprint density at radius 1 is 1.21 bits per heavy atom. The molecule has 0 aromatic heterocycles. The molecular weight excluding hydrogens is 254 g/mol. The summed E-state index contributed by atoms with van der Waals surface area (Å²) in [6.45, 7) is 1.34. The van der Waals surface area contributed by atoms with Gasteiger partial charge in [0.05, 0.1) is 4.92 Å². The van der Waals surface area contributed by atoms with Crippen LogP contribution in [0.1, 0.15) is 13.3 Å². The summed E-state index contributed by atoms with van der Waals surface area (Å²) >= 11 is 0. The van der Waals surface area contributed by atoms with Crippen molar-refractivity contribution in [3.05, 3.63) is 34.4 Å². The number of nitro benzene ring substituents is 1. The Bertz CT molecular complexity index is 472. The zero-order chi connectivity index (χ0) is 14.3. The normalized spacial score (nSPS) is 9.53. The molecule has 2 amide bonds. The Balaban J connectivity index is 2.37. The van der Waals surface area contributed by atoms with Crippen molar-refractivity contribution < 1.29 is 19.2 Å². The molecule has 0 heterocycles. The fourth-order valence-electron chi connectivity index (χ4n) is 1.08. The second-order valence-corrected chi connectivity index (χ2v) is 3.49. The molecule has 1 aromatic carbocycles. The van der Waals surface area contributed by atoms with Gasteiger partial charge in [0, 0.05) is 18.6 Å². The summed E-state index contributed by atoms with van der Waals surface area (Å²) in [6.07, 6.45) is 0.253. The third kappa shape index (κ3) is 5.02. The van der Waals surface area contributed by atoms with Crippen molar-refractivity contribution in [1.82, 2.24) is 10.9 Å². The van der Waals surface area contributed by atoms with E-state index in [4.69, 9.17) is 4.74 Å². The molecule has 1 rings (SSSR count). The molecule has 0 saturated heterocycles. The summed E-state index contributed by atoms with van der Waals surface area (Å²) in [7, 11) is 0. The predicted molar refractivity (Wildman–Crippen MR) is 65.2 cm³/mol. The van der Waals surface area contributed by atoms with Gasteiger partial charge in [-0.15, -0.1) is 0 Å². The average Bonchev–Trinajstić information content (AvgIpc) is 2.42. The largest absolute Gasteiger partial charge is 0.484 e. The second kappa shape index (κ2) is 6.94. The lowest BCUT2D eigenvalue weighted by molar-refractivity contribution is -0.384. The molecular formula is C11H13N3O5. The van der Waals surface area contributed by atoms with Crippen LogP contribution < -0.4 is 15.6 Å². The van der Waals surface area contributed by atoms with Crippen molar-refractivity contribution in [2.45, 2.75) is 13.3 Å². The van der Waals surface area contributed by atoms with E-state index in [2.05, 4.69) is 10.9 Å². The van der Waals surface area contributed by atoms with E-state index in [1.807, 2.05) is 0 Å². The highest BCUT2D eigenvalue weighted by Crippen LogP contribution is 2.16. The Kier molecular flexibility index (Phi) is 5.27. The molecule has 0 aliphatic rings. The van der Waals surface area contributed by atoms with Gasteiger partial charge in [0.25, 0.3) is 11.6 Å². The monoisotopic (exact) mass is 267 g/mol. The molecule has 8 nitrogen and oxygen atoms in total. The first-order chi connectivity index (χ1) is 9.02. The maximum Gasteiger partial charge on any atom is 0.276 e. The van der Waals surface area contributed by atoms with Crippen molar-refractivity contribution in [3.8, 4) is 5.75 Å². The Labute approximate surface area is 108 Å². The summed E-state index contributed by atoms with van der Waals surface area (Å²) in [5, 5.41) is 10.4. The smallest absolute Gasteiger partial charge is 0.276 e. The number of nitrogens with one attached hydrogen (secondary N) is 2. The van der Waals surface area contributed by atoms with Gasteiger partial charge >= 0.3 is 0 Å². The van der Waals surface area contributed by atoms with E-state index in [0.29, 0.717) is 5.75 Å². The first kappa shape index (κ1) is 14.4. The molecule has 0 fully saturated rings. The van der Waals surface area contributed by atoms with Gasteiger partial charge in [-0.05, 0) is 12.1 Å². The van der Waals surface area contributed by atoms with Gasteiger partial charge in [-0.1, -0.05) is 6.92 Å². The third-order valence-electron chi connectivity index (χ3n) is 2.08. The highest BCUT2D eigenvalue weighted by molar-refractivity contribution is 5.82. The zero-order valence-electron chi connectivity index (χ0n) is 10.2. The number of carbonyl (C=O) groups excluding carboxylic acids is 2. The minimum absolute atomic E-state index is 0.0630. The zero-order valence-corrected chi connectivity index (χ0v) is 10.2. The lowest BCUT2D eigenvalue weighted by Crippen LogP contribution is -2.43. The fourth-order valence-corrected chi connectivity index (χ4v) is 1.08. The van der Waals surface area contributed by atoms with E-state index >= 15 is 0 Å². The van der Waals surface area contributed by atoms with Crippen molar-refractivity contribution >= 4 is 17.5 Å². The highest BCUT2D eigenvalue weighted by atomic mass is 16.6. The molecule has 0 saturated carbocycles. The number of carbonyl (C=O) groups is 2. The van der Waals surface area contributed by atoms with Gasteiger partial charge in [0.1, 0.15) is 5.75 Å². The molecule has 0 aliphatic carbocycles. The lowest BCUT2D eigenvalue weighted by atomic mass is 10.3. The topological polar surface area (TPSA) is 111 Å². The van der Waals surface area contributed by atoms with E-state index in [0.717, 1.165) is 0 Å². The molecule has 0 aliphatic heterocycles. The SMILES string of the molecule is CCC(=O)NNC(=O)COc1ccc([N+](=O)[O-])cc1. The maximum absolute atomic E-state index is 11.3. The van der Waals surface area contributed by atoms with E-state index in [-0.39, 0.29) is 24.6 Å². The van der Waals surface area contributed by atoms with E-state index in [1.165, 1.54) is 24.3 Å². The number of hydrazine groups is 1. The number of ether oxygens (including phenoxy) is 1. The lowest BCUT2D eigenvalue weighted by Gasteiger charge is -2.07. The Morgan fingerprint density at radius 3 is 2.32 bits per heavy atom. The van der Waals surface area contributed by atoms with Gasteiger partial charge in [0.15, 0.2) is 6.61 Å². The maximum atomic E-state index is 11.3. The molecule has 8 heteroatoms. The molecule has 0 spiro atoms. The van der Waals surface area contributed by atoms with Crippen LogP contribution >= 0.6 is 0 Å². The van der Waals surface area contributed by atoms with Gasteiger partial charge in [-0.3, -0.25) is 30.6 Å². The molecule has 19 heavy (non-hydrogen) atoms. The molecule has 0 bridgehead atoms. The van der Waals surface area contributed by atoms with Crippen molar-refractivity contribution in [2.75, 3.05) is 6.61 Å². The second-order valence-electron chi connectivity index (χ2n) is 3.49. The van der Waals surface area contributed by atoms with Crippen molar-refractivity contribution in [3.63, 3.8) is 0 Å².